The van der Waals surface area contributed by atoms with E-state index in [0.29, 0.717) is 37.8 Å². The summed E-state index contributed by atoms with van der Waals surface area (Å²) in [4.78, 5) is 25.4. The maximum atomic E-state index is 12.6. The number of aliphatic hydroxyl groups excluding tert-OH is 1. The third kappa shape index (κ3) is 5.38. The van der Waals surface area contributed by atoms with Gasteiger partial charge in [-0.1, -0.05) is 34.6 Å². The van der Waals surface area contributed by atoms with Gasteiger partial charge in [-0.25, -0.2) is 0 Å². The molecule has 2 saturated heterocycles. The van der Waals surface area contributed by atoms with E-state index >= 15 is 0 Å². The van der Waals surface area contributed by atoms with Crippen molar-refractivity contribution in [2.45, 2.75) is 162 Å². The molecule has 3 N–H and O–H groups in total. The number of esters is 1. The fourth-order valence-electron chi connectivity index (χ4n) is 14.2. The van der Waals surface area contributed by atoms with Crippen molar-refractivity contribution in [3.8, 4) is 0 Å². The van der Waals surface area contributed by atoms with E-state index in [1.165, 1.54) is 19.8 Å². The van der Waals surface area contributed by atoms with E-state index in [1.54, 1.807) is 13.8 Å². The highest BCUT2D eigenvalue weighted by molar-refractivity contribution is 5.66. The molecule has 7 aliphatic rings. The number of rotatable bonds is 9. The van der Waals surface area contributed by atoms with Crippen LogP contribution in [0.25, 0.3) is 0 Å². The van der Waals surface area contributed by atoms with Crippen molar-refractivity contribution in [3.63, 3.8) is 0 Å². The van der Waals surface area contributed by atoms with Crippen LogP contribution >= 0.6 is 0 Å². The molecule has 10 heteroatoms. The van der Waals surface area contributed by atoms with E-state index < -0.39 is 35.9 Å². The molecule has 5 saturated carbocycles. The minimum Gasteiger partial charge on any atom is -0.481 e. The molecular weight excluding hydrogens is 638 g/mol. The largest absolute Gasteiger partial charge is 0.481 e. The van der Waals surface area contributed by atoms with Gasteiger partial charge < -0.3 is 34.3 Å². The van der Waals surface area contributed by atoms with E-state index in [1.807, 2.05) is 0 Å². The molecule has 0 bridgehead atoms. The van der Waals surface area contributed by atoms with Crippen LogP contribution in [0.5, 0.6) is 0 Å². The summed E-state index contributed by atoms with van der Waals surface area (Å²) in [5, 5.41) is 32.7. The monoisotopic (exact) mass is 703 g/mol. The Balaban J connectivity index is 1.09. The van der Waals surface area contributed by atoms with Crippen LogP contribution in [-0.4, -0.2) is 101 Å². The number of carboxylic acid groups (broad SMARTS) is 1. The summed E-state index contributed by atoms with van der Waals surface area (Å²) in [6.45, 7) is 19.5. The van der Waals surface area contributed by atoms with Crippen LogP contribution in [0.2, 0.25) is 0 Å². The topological polar surface area (TPSA) is 135 Å². The molecule has 5 aliphatic carbocycles. The maximum absolute atomic E-state index is 12.6. The summed E-state index contributed by atoms with van der Waals surface area (Å²) < 4.78 is 25.5. The normalized spacial score (nSPS) is 48.6. The number of carboxylic acids is 1. The van der Waals surface area contributed by atoms with Gasteiger partial charge in [0.05, 0.1) is 36.6 Å². The van der Waals surface area contributed by atoms with Gasteiger partial charge in [-0.15, -0.1) is 0 Å². The third-order valence-corrected chi connectivity index (χ3v) is 16.4. The lowest BCUT2D eigenvalue weighted by Crippen LogP contribution is -2.60. The van der Waals surface area contributed by atoms with Crippen molar-refractivity contribution in [3.05, 3.63) is 0 Å². The van der Waals surface area contributed by atoms with Crippen molar-refractivity contribution >= 4 is 11.9 Å². The molecule has 50 heavy (non-hydrogen) atoms. The van der Waals surface area contributed by atoms with Gasteiger partial charge in [0.1, 0.15) is 0 Å². The summed E-state index contributed by atoms with van der Waals surface area (Å²) in [7, 11) is 0. The molecule has 10 nitrogen and oxygen atoms in total. The van der Waals surface area contributed by atoms with Crippen LogP contribution in [-0.2, 0) is 28.5 Å². The Morgan fingerprint density at radius 3 is 2.42 bits per heavy atom. The first-order valence-corrected chi connectivity index (χ1v) is 19.8. The van der Waals surface area contributed by atoms with Crippen LogP contribution in [0.3, 0.4) is 0 Å². The Morgan fingerprint density at radius 2 is 1.74 bits per heavy atom. The zero-order valence-electron chi connectivity index (χ0n) is 31.9. The molecule has 0 aromatic carbocycles. The van der Waals surface area contributed by atoms with Crippen molar-refractivity contribution in [1.82, 2.24) is 4.90 Å². The van der Waals surface area contributed by atoms with Crippen molar-refractivity contribution < 1.29 is 43.9 Å². The molecule has 0 aromatic rings. The Kier molecular flexibility index (Phi) is 9.16. The highest BCUT2D eigenvalue weighted by Crippen LogP contribution is 2.89. The number of morpholine rings is 1. The van der Waals surface area contributed by atoms with Gasteiger partial charge in [0.15, 0.2) is 12.4 Å². The zero-order valence-corrected chi connectivity index (χ0v) is 31.9. The van der Waals surface area contributed by atoms with Gasteiger partial charge >= 0.3 is 11.9 Å². The summed E-state index contributed by atoms with van der Waals surface area (Å²) in [6.07, 6.45) is 6.97. The molecule has 14 atom stereocenters. The lowest BCUT2D eigenvalue weighted by atomic mass is 9.41. The average molecular weight is 704 g/mol. The zero-order chi connectivity index (χ0) is 36.2. The van der Waals surface area contributed by atoms with Crippen LogP contribution in [0.15, 0.2) is 0 Å². The van der Waals surface area contributed by atoms with Gasteiger partial charge in [0.2, 0.25) is 0 Å². The number of carbonyl (C=O) groups excluding carboxylic acids is 1. The van der Waals surface area contributed by atoms with E-state index in [9.17, 15) is 19.8 Å². The van der Waals surface area contributed by atoms with E-state index in [4.69, 9.17) is 24.1 Å². The van der Waals surface area contributed by atoms with Crippen molar-refractivity contribution in [1.29, 1.82) is 0 Å². The number of aliphatic carboxylic acids is 1. The molecule has 7 fully saturated rings. The van der Waals surface area contributed by atoms with E-state index in [0.717, 1.165) is 45.2 Å². The van der Waals surface area contributed by atoms with Crippen LogP contribution in [0.4, 0.5) is 0 Å². The molecule has 7 rings (SSSR count). The number of hydrogen-bond acceptors (Lipinski definition) is 9. The Morgan fingerprint density at radius 1 is 1.04 bits per heavy atom. The smallest absolute Gasteiger partial charge is 0.303 e. The molecule has 2 aliphatic heterocycles. The number of fused-ring (bicyclic) bond motifs is 4. The lowest BCUT2D eigenvalue weighted by Gasteiger charge is -2.64. The fourth-order valence-corrected chi connectivity index (χ4v) is 14.2. The SMILES string of the molecule is CC(=O)OC(C1CC(C)C2C(O1)C(O)C1(C)C3CCC4C(C)(C)C(OC5CN(CCCC(=O)O)CCO5)CCC45CC35CCC21C)C(C)(C)O. The highest BCUT2D eigenvalue weighted by atomic mass is 16.7. The Labute approximate surface area is 299 Å². The number of ether oxygens (including phenoxy) is 4. The van der Waals surface area contributed by atoms with Gasteiger partial charge in [0.25, 0.3) is 0 Å². The number of carbonyl (C=O) groups is 2. The predicted molar refractivity (Wildman–Crippen MR) is 186 cm³/mol. The van der Waals surface area contributed by atoms with Gasteiger partial charge in [-0.2, -0.15) is 0 Å². The number of aliphatic hydroxyl groups is 2. The van der Waals surface area contributed by atoms with Crippen molar-refractivity contribution in [2.24, 2.45) is 50.7 Å². The number of hydrogen-bond donors (Lipinski definition) is 3. The van der Waals surface area contributed by atoms with Gasteiger partial charge in [0, 0.05) is 31.8 Å². The summed E-state index contributed by atoms with van der Waals surface area (Å²) in [5.74, 6) is 0.223. The van der Waals surface area contributed by atoms with Gasteiger partial charge in [-0.3, -0.25) is 14.5 Å². The standard InChI is InChI=1S/C40H65NO9/c1-23-20-25(34(36(5,6)46)48-24(2)42)49-32-31(23)37(7)15-16-40-22-39(40)14-13-28(50-30-21-41(18-19-47-30)17-9-10-29(43)44)35(3,4)26(39)11-12-27(40)38(37,8)33(32)45/h23,25-28,30-34,45-46H,9-22H2,1-8H3,(H,43,44). The molecule has 284 valence electrons. The lowest BCUT2D eigenvalue weighted by molar-refractivity contribution is -0.248. The van der Waals surface area contributed by atoms with E-state index in [2.05, 4.69) is 39.5 Å². The average Bonchev–Trinajstić information content (AvgIpc) is 3.65. The first-order chi connectivity index (χ1) is 23.3. The highest BCUT2D eigenvalue weighted by Gasteiger charge is 2.84. The second kappa shape index (κ2) is 12.4. The first kappa shape index (κ1) is 37.0. The van der Waals surface area contributed by atoms with Gasteiger partial charge in [-0.05, 0) is 124 Å². The fraction of sp³-hybridized carbons (Fsp3) is 0.950. The second-order valence-electron chi connectivity index (χ2n) is 19.5. The van der Waals surface area contributed by atoms with Crippen molar-refractivity contribution in [2.75, 3.05) is 26.2 Å². The third-order valence-electron chi connectivity index (χ3n) is 16.4. The molecule has 0 amide bonds. The molecule has 2 heterocycles. The summed E-state index contributed by atoms with van der Waals surface area (Å²) >= 11 is 0. The first-order valence-electron chi connectivity index (χ1n) is 19.8. The molecule has 2 spiro atoms. The van der Waals surface area contributed by atoms with Crippen LogP contribution in [0, 0.1) is 50.7 Å². The van der Waals surface area contributed by atoms with Crippen LogP contribution < -0.4 is 0 Å². The predicted octanol–water partition coefficient (Wildman–Crippen LogP) is 5.41. The minimum atomic E-state index is -1.27. The van der Waals surface area contributed by atoms with Crippen LogP contribution in [0.1, 0.15) is 120 Å². The quantitative estimate of drug-likeness (QED) is 0.268. The number of nitrogens with zero attached hydrogens (tertiary/aromatic N) is 1. The summed E-state index contributed by atoms with van der Waals surface area (Å²) in [5.41, 5.74) is -1.18. The maximum Gasteiger partial charge on any atom is 0.303 e. The molecule has 14 unspecified atom stereocenters. The molecular formula is C40H65NO9. The molecule has 0 aromatic heterocycles. The Hall–Kier alpha value is -1.30. The summed E-state index contributed by atoms with van der Waals surface area (Å²) in [6, 6.07) is 0. The van der Waals surface area contributed by atoms with E-state index in [-0.39, 0.29) is 63.8 Å². The Bertz CT molecular complexity index is 1330. The minimum absolute atomic E-state index is 0.0146. The second-order valence-corrected chi connectivity index (χ2v) is 19.5. The molecule has 0 radical (unpaired) electrons.